The summed E-state index contributed by atoms with van der Waals surface area (Å²) in [5.74, 6) is 0. The van der Waals surface area contributed by atoms with Gasteiger partial charge in [-0.15, -0.1) is 0 Å². The topological polar surface area (TPSA) is 64.8 Å². The quantitative estimate of drug-likeness (QED) is 0.764. The normalized spacial score (nSPS) is 17.0. The number of unbranched alkanes of at least 4 members (excludes halogenated alkanes) is 1. The molecule has 5 nitrogen and oxygen atoms in total. The van der Waals surface area contributed by atoms with Crippen molar-refractivity contribution in [3.8, 4) is 0 Å². The number of hydrogen-bond donors (Lipinski definition) is 1. The third-order valence-electron chi connectivity index (χ3n) is 2.55. The van der Waals surface area contributed by atoms with Gasteiger partial charge >= 0.3 is 0 Å². The van der Waals surface area contributed by atoms with Crippen LogP contribution >= 0.6 is 0 Å². The molecule has 1 rings (SSSR count). The molecule has 1 heterocycles. The summed E-state index contributed by atoms with van der Waals surface area (Å²) in [6.07, 6.45) is 2.83. The van der Waals surface area contributed by atoms with Gasteiger partial charge in [0, 0.05) is 19.6 Å². The molecule has 0 aliphatic carbocycles. The Morgan fingerprint density at radius 1 is 1.29 bits per heavy atom. The van der Waals surface area contributed by atoms with Crippen LogP contribution in [-0.4, -0.2) is 56.9 Å². The zero-order valence-corrected chi connectivity index (χ0v) is 15.1. The monoisotopic (exact) mass is 306 g/mol. The maximum absolute atomic E-state index is 9.18. The predicted molar refractivity (Wildman–Crippen MR) is 90.5 cm³/mol. The maximum Gasteiger partial charge on any atom is 0.293 e. The van der Waals surface area contributed by atoms with Gasteiger partial charge in [0.05, 0.1) is 19.3 Å². The zero-order valence-electron chi connectivity index (χ0n) is 15.1. The molecule has 1 atom stereocenters. The number of rotatable bonds is 6. The van der Waals surface area contributed by atoms with Crippen molar-refractivity contribution in [2.45, 2.75) is 60.5 Å². The maximum atomic E-state index is 9.18. The molecule has 1 fully saturated rings. The average molecular weight is 306 g/mol. The van der Waals surface area contributed by atoms with Gasteiger partial charge in [-0.1, -0.05) is 41.0 Å². The molecular weight excluding hydrogens is 268 g/mol. The lowest BCUT2D eigenvalue weighted by Crippen LogP contribution is -2.45. The highest BCUT2D eigenvalue weighted by Gasteiger charge is 2.17. The van der Waals surface area contributed by atoms with Gasteiger partial charge in [-0.2, -0.15) is 0 Å². The van der Waals surface area contributed by atoms with E-state index in [0.29, 0.717) is 19.6 Å². The van der Waals surface area contributed by atoms with Gasteiger partial charge in [0.2, 0.25) is 0 Å². The Morgan fingerprint density at radius 2 is 1.90 bits per heavy atom. The van der Waals surface area contributed by atoms with E-state index in [9.17, 15) is 4.79 Å². The van der Waals surface area contributed by atoms with Crippen molar-refractivity contribution in [3.05, 3.63) is 0 Å². The van der Waals surface area contributed by atoms with Crippen molar-refractivity contribution < 1.29 is 14.3 Å². The van der Waals surface area contributed by atoms with Crippen LogP contribution in [0.5, 0.6) is 0 Å². The van der Waals surface area contributed by atoms with Gasteiger partial charge in [-0.25, -0.2) is 0 Å². The summed E-state index contributed by atoms with van der Waals surface area (Å²) in [6.45, 7) is 17.7. The van der Waals surface area contributed by atoms with Gasteiger partial charge in [-0.3, -0.25) is 9.69 Å². The standard InChI is InChI=1S/C9H20N2O.C3H6O2.2C2H6/c1-2-3-4-11-5-6-12-9(7-10)8-11;1-2-5-3-4;2*1-2/h9H,2-8,10H2,1H3;3H,2H2,1H3;2*1-2H3. The third kappa shape index (κ3) is 19.4. The van der Waals surface area contributed by atoms with E-state index in [1.165, 1.54) is 19.4 Å². The third-order valence-corrected chi connectivity index (χ3v) is 2.55. The highest BCUT2D eigenvalue weighted by Crippen LogP contribution is 2.04. The van der Waals surface area contributed by atoms with Crippen LogP contribution < -0.4 is 5.73 Å². The molecule has 1 unspecified atom stereocenters. The van der Waals surface area contributed by atoms with Crippen LogP contribution in [0.3, 0.4) is 0 Å². The van der Waals surface area contributed by atoms with E-state index >= 15 is 0 Å². The number of hydrogen-bond acceptors (Lipinski definition) is 5. The molecule has 0 aromatic heterocycles. The van der Waals surface area contributed by atoms with Crippen molar-refractivity contribution in [1.82, 2.24) is 4.90 Å². The molecule has 2 N–H and O–H groups in total. The summed E-state index contributed by atoms with van der Waals surface area (Å²) in [5, 5.41) is 0. The molecule has 1 aliphatic heterocycles. The minimum atomic E-state index is 0.274. The smallest absolute Gasteiger partial charge is 0.293 e. The predicted octanol–water partition coefficient (Wildman–Crippen LogP) is 2.68. The molecule has 1 saturated heterocycles. The molecular formula is C16H38N2O3. The Hall–Kier alpha value is -0.650. The second-order valence-electron chi connectivity index (χ2n) is 3.93. The second-order valence-corrected chi connectivity index (χ2v) is 3.93. The fourth-order valence-corrected chi connectivity index (χ4v) is 1.58. The lowest BCUT2D eigenvalue weighted by molar-refractivity contribution is -0.128. The number of morpholine rings is 1. The Morgan fingerprint density at radius 3 is 2.29 bits per heavy atom. The Labute approximate surface area is 132 Å². The molecule has 21 heavy (non-hydrogen) atoms. The first-order valence-corrected chi connectivity index (χ1v) is 8.37. The molecule has 0 aromatic carbocycles. The van der Waals surface area contributed by atoms with Gasteiger partial charge in [0.25, 0.3) is 6.47 Å². The summed E-state index contributed by atoms with van der Waals surface area (Å²) in [4.78, 5) is 11.6. The summed E-state index contributed by atoms with van der Waals surface area (Å²) in [7, 11) is 0. The van der Waals surface area contributed by atoms with Crippen molar-refractivity contribution >= 4 is 6.47 Å². The fraction of sp³-hybridized carbons (Fsp3) is 0.938. The molecule has 130 valence electrons. The Kier molecular flexibility index (Phi) is 29.4. The van der Waals surface area contributed by atoms with E-state index in [1.54, 1.807) is 6.92 Å². The van der Waals surface area contributed by atoms with Gasteiger partial charge < -0.3 is 15.2 Å². The van der Waals surface area contributed by atoms with Crippen LogP contribution in [0, 0.1) is 0 Å². The van der Waals surface area contributed by atoms with Crippen molar-refractivity contribution in [3.63, 3.8) is 0 Å². The Bertz CT molecular complexity index is 181. The number of ether oxygens (including phenoxy) is 2. The number of carbonyl (C=O) groups is 1. The van der Waals surface area contributed by atoms with E-state index < -0.39 is 0 Å². The second kappa shape index (κ2) is 24.4. The largest absolute Gasteiger partial charge is 0.468 e. The highest BCUT2D eigenvalue weighted by atomic mass is 16.5. The lowest BCUT2D eigenvalue weighted by atomic mass is 10.2. The summed E-state index contributed by atoms with van der Waals surface area (Å²) < 4.78 is 9.62. The summed E-state index contributed by atoms with van der Waals surface area (Å²) in [6, 6.07) is 0. The van der Waals surface area contributed by atoms with Gasteiger partial charge in [0.1, 0.15) is 0 Å². The molecule has 5 heteroatoms. The van der Waals surface area contributed by atoms with Crippen LogP contribution in [0.25, 0.3) is 0 Å². The first-order valence-electron chi connectivity index (χ1n) is 8.37. The molecule has 0 amide bonds. The average Bonchev–Trinajstić information content (AvgIpc) is 2.58. The van der Waals surface area contributed by atoms with E-state index in [2.05, 4.69) is 16.6 Å². The van der Waals surface area contributed by atoms with Crippen LogP contribution in [0.2, 0.25) is 0 Å². The van der Waals surface area contributed by atoms with Crippen molar-refractivity contribution in [2.24, 2.45) is 5.73 Å². The highest BCUT2D eigenvalue weighted by molar-refractivity contribution is 5.36. The van der Waals surface area contributed by atoms with Crippen molar-refractivity contribution in [2.75, 3.05) is 39.4 Å². The molecule has 0 aromatic rings. The van der Waals surface area contributed by atoms with E-state index in [0.717, 1.165) is 19.7 Å². The number of nitrogens with two attached hydrogens (primary N) is 1. The van der Waals surface area contributed by atoms with Crippen LogP contribution in [0.4, 0.5) is 0 Å². The molecule has 1 aliphatic rings. The Balaban J connectivity index is -0.000000304. The molecule has 0 radical (unpaired) electrons. The van der Waals surface area contributed by atoms with Crippen molar-refractivity contribution in [1.29, 1.82) is 0 Å². The lowest BCUT2D eigenvalue weighted by Gasteiger charge is -2.32. The van der Waals surface area contributed by atoms with Gasteiger partial charge in [0.15, 0.2) is 0 Å². The van der Waals surface area contributed by atoms with E-state index in [4.69, 9.17) is 10.5 Å². The first-order chi connectivity index (χ1) is 10.3. The fourth-order valence-electron chi connectivity index (χ4n) is 1.58. The molecule has 0 bridgehead atoms. The summed E-state index contributed by atoms with van der Waals surface area (Å²) >= 11 is 0. The first kappa shape index (κ1) is 25.3. The molecule has 0 saturated carbocycles. The SMILES string of the molecule is CC.CC.CCCCN1CCOC(CN)C1.CCOC=O. The van der Waals surface area contributed by atoms with E-state index in [1.807, 2.05) is 27.7 Å². The van der Waals surface area contributed by atoms with E-state index in [-0.39, 0.29) is 6.10 Å². The number of carbonyl (C=O) groups excluding carboxylic acids is 1. The molecule has 0 spiro atoms. The zero-order chi connectivity index (χ0) is 16.9. The van der Waals surface area contributed by atoms with Crippen LogP contribution in [0.15, 0.2) is 0 Å². The minimum absolute atomic E-state index is 0.274. The summed E-state index contributed by atoms with van der Waals surface area (Å²) in [5.41, 5.74) is 5.54. The minimum Gasteiger partial charge on any atom is -0.468 e. The van der Waals surface area contributed by atoms with Crippen LogP contribution in [-0.2, 0) is 14.3 Å². The van der Waals surface area contributed by atoms with Gasteiger partial charge in [-0.05, 0) is 19.9 Å². The van der Waals surface area contributed by atoms with Crippen LogP contribution in [0.1, 0.15) is 54.4 Å². The number of nitrogens with zero attached hydrogens (tertiary/aromatic N) is 1.